The number of rotatable bonds is 0. The van der Waals surface area contributed by atoms with E-state index in [2.05, 4.69) is 44.3 Å². The van der Waals surface area contributed by atoms with Crippen LogP contribution in [0.1, 0.15) is 32.8 Å². The molecule has 0 amide bonds. The lowest BCUT2D eigenvalue weighted by atomic mass is 9.88. The Labute approximate surface area is 123 Å². The lowest BCUT2D eigenvalue weighted by Gasteiger charge is -2.33. The lowest BCUT2D eigenvalue weighted by molar-refractivity contribution is 0.573. The normalized spacial score (nSPS) is 17.4. The van der Waals surface area contributed by atoms with E-state index in [0.29, 0.717) is 0 Å². The highest BCUT2D eigenvalue weighted by Crippen LogP contribution is 2.29. The minimum atomic E-state index is -0.178. The standard InChI is InChI=1S/C19H18FN/c1-11-10-19(2,3)21-18-14(11)6-7-16-15-5-4-13(20)8-12(15)9-17(16)18/h4-9,21H,10H2,1-3H3. The van der Waals surface area contributed by atoms with E-state index in [1.165, 1.54) is 33.3 Å². The summed E-state index contributed by atoms with van der Waals surface area (Å²) in [6.45, 7) is 6.65. The van der Waals surface area contributed by atoms with Crippen LogP contribution in [0.5, 0.6) is 0 Å². The van der Waals surface area contributed by atoms with Crippen LogP contribution in [-0.4, -0.2) is 5.54 Å². The van der Waals surface area contributed by atoms with Crippen LogP contribution < -0.4 is 15.8 Å². The van der Waals surface area contributed by atoms with Crippen molar-refractivity contribution in [1.29, 1.82) is 0 Å². The van der Waals surface area contributed by atoms with Crippen molar-refractivity contribution in [2.75, 3.05) is 5.32 Å². The Bertz CT molecular complexity index is 983. The molecular formula is C19H18FN. The predicted octanol–water partition coefficient (Wildman–Crippen LogP) is 3.02. The average molecular weight is 279 g/mol. The summed E-state index contributed by atoms with van der Waals surface area (Å²) in [4.78, 5) is 0. The van der Waals surface area contributed by atoms with Gasteiger partial charge in [0.15, 0.2) is 0 Å². The van der Waals surface area contributed by atoms with E-state index in [-0.39, 0.29) is 11.4 Å². The molecule has 2 aliphatic rings. The summed E-state index contributed by atoms with van der Waals surface area (Å²) in [6, 6.07) is 9.39. The summed E-state index contributed by atoms with van der Waals surface area (Å²) in [5, 5.41) is 8.25. The number of nitrogens with one attached hydrogen (secondary N) is 1. The van der Waals surface area contributed by atoms with Crippen LogP contribution in [0.25, 0.3) is 11.6 Å². The second-order valence-corrected chi connectivity index (χ2v) is 6.79. The highest BCUT2D eigenvalue weighted by atomic mass is 19.1. The van der Waals surface area contributed by atoms with E-state index in [1.54, 1.807) is 6.07 Å². The van der Waals surface area contributed by atoms with Crippen LogP contribution in [0, 0.1) is 16.3 Å². The van der Waals surface area contributed by atoms with Gasteiger partial charge in [-0.15, -0.1) is 0 Å². The van der Waals surface area contributed by atoms with Gasteiger partial charge in [0.1, 0.15) is 5.82 Å². The molecule has 2 aromatic rings. The van der Waals surface area contributed by atoms with Gasteiger partial charge in [0, 0.05) is 16.8 Å². The first-order chi connectivity index (χ1) is 9.94. The Kier molecular flexibility index (Phi) is 2.39. The number of hydrogen-bond donors (Lipinski definition) is 1. The first-order valence-electron chi connectivity index (χ1n) is 7.37. The van der Waals surface area contributed by atoms with Gasteiger partial charge in [-0.25, -0.2) is 4.39 Å². The first-order valence-corrected chi connectivity index (χ1v) is 7.37. The summed E-state index contributed by atoms with van der Waals surface area (Å²) in [5.74, 6) is -0.178. The van der Waals surface area contributed by atoms with Gasteiger partial charge in [0.25, 0.3) is 0 Å². The molecule has 0 aromatic heterocycles. The fourth-order valence-corrected chi connectivity index (χ4v) is 3.69. The van der Waals surface area contributed by atoms with Crippen LogP contribution in [0.4, 0.5) is 10.1 Å². The van der Waals surface area contributed by atoms with Gasteiger partial charge < -0.3 is 5.32 Å². The Hall–Kier alpha value is -2.09. The molecule has 0 fully saturated rings. The second kappa shape index (κ2) is 3.97. The molecule has 1 heterocycles. The summed E-state index contributed by atoms with van der Waals surface area (Å²) < 4.78 is 13.5. The number of halogens is 1. The molecular weight excluding hydrogens is 261 g/mol. The van der Waals surface area contributed by atoms with Gasteiger partial charge in [-0.05, 0) is 66.3 Å². The topological polar surface area (TPSA) is 12.0 Å². The fourth-order valence-electron chi connectivity index (χ4n) is 3.69. The van der Waals surface area contributed by atoms with Crippen LogP contribution in [0.2, 0.25) is 0 Å². The summed E-state index contributed by atoms with van der Waals surface area (Å²) >= 11 is 0. The number of fused-ring (bicyclic) bond motifs is 4. The Balaban J connectivity index is 2.15. The average Bonchev–Trinajstić information content (AvgIpc) is 2.75. The third kappa shape index (κ3) is 1.82. The van der Waals surface area contributed by atoms with E-state index in [9.17, 15) is 4.39 Å². The molecule has 0 atom stereocenters. The van der Waals surface area contributed by atoms with Crippen LogP contribution in [0.15, 0.2) is 30.3 Å². The van der Waals surface area contributed by atoms with Gasteiger partial charge in [-0.1, -0.05) is 23.8 Å². The number of hydrogen-bond acceptors (Lipinski definition) is 1. The molecule has 1 N–H and O–H groups in total. The fraction of sp³-hybridized carbons (Fsp3) is 0.263. The van der Waals surface area contributed by atoms with Crippen LogP contribution in [-0.2, 0) is 0 Å². The van der Waals surface area contributed by atoms with Crippen molar-refractivity contribution >= 4 is 17.3 Å². The van der Waals surface area contributed by atoms with E-state index in [0.717, 1.165) is 16.9 Å². The molecule has 0 saturated heterocycles. The largest absolute Gasteiger partial charge is 0.379 e. The molecule has 4 rings (SSSR count). The molecule has 106 valence electrons. The van der Waals surface area contributed by atoms with Crippen LogP contribution in [0.3, 0.4) is 0 Å². The van der Waals surface area contributed by atoms with Crippen molar-refractivity contribution < 1.29 is 4.39 Å². The van der Waals surface area contributed by atoms with Crippen LogP contribution >= 0.6 is 0 Å². The molecule has 0 unspecified atom stereocenters. The molecule has 2 heteroatoms. The van der Waals surface area contributed by atoms with Gasteiger partial charge >= 0.3 is 0 Å². The van der Waals surface area contributed by atoms with Crippen molar-refractivity contribution in [3.05, 3.63) is 62.6 Å². The van der Waals surface area contributed by atoms with Crippen molar-refractivity contribution in [3.8, 4) is 0 Å². The first kappa shape index (κ1) is 12.6. The summed E-state index contributed by atoms with van der Waals surface area (Å²) in [5.41, 5.74) is 3.85. The summed E-state index contributed by atoms with van der Waals surface area (Å²) in [6.07, 6.45) is 3.15. The molecule has 1 aliphatic heterocycles. The van der Waals surface area contributed by atoms with E-state index < -0.39 is 0 Å². The maximum Gasteiger partial charge on any atom is 0.123 e. The second-order valence-electron chi connectivity index (χ2n) is 6.79. The maximum atomic E-state index is 13.5. The third-order valence-corrected chi connectivity index (χ3v) is 4.48. The molecule has 1 nitrogen and oxygen atoms in total. The van der Waals surface area contributed by atoms with Crippen molar-refractivity contribution in [2.24, 2.45) is 0 Å². The van der Waals surface area contributed by atoms with E-state index >= 15 is 0 Å². The molecule has 0 spiro atoms. The zero-order chi connectivity index (χ0) is 14.8. The summed E-state index contributed by atoms with van der Waals surface area (Å²) in [7, 11) is 0. The SMILES string of the molecule is CC1=c2ccc3c(c2NC(C)(C)C1)C=c1cc(F)ccc1=3. The lowest BCUT2D eigenvalue weighted by Crippen LogP contribution is -2.38. The predicted molar refractivity (Wildman–Crippen MR) is 84.7 cm³/mol. The van der Waals surface area contributed by atoms with Gasteiger partial charge in [0.2, 0.25) is 0 Å². The molecule has 21 heavy (non-hydrogen) atoms. The third-order valence-electron chi connectivity index (χ3n) is 4.48. The van der Waals surface area contributed by atoms with Gasteiger partial charge in [-0.3, -0.25) is 0 Å². The Morgan fingerprint density at radius 1 is 1.05 bits per heavy atom. The number of anilines is 1. The number of benzene rings is 2. The monoisotopic (exact) mass is 279 g/mol. The minimum Gasteiger partial charge on any atom is -0.379 e. The minimum absolute atomic E-state index is 0.0556. The molecule has 2 aromatic carbocycles. The van der Waals surface area contributed by atoms with E-state index in [4.69, 9.17) is 0 Å². The highest BCUT2D eigenvalue weighted by molar-refractivity contribution is 5.75. The molecule has 0 bridgehead atoms. The van der Waals surface area contributed by atoms with E-state index in [1.807, 2.05) is 6.07 Å². The molecule has 1 aliphatic carbocycles. The molecule has 0 radical (unpaired) electrons. The van der Waals surface area contributed by atoms with Crippen molar-refractivity contribution in [3.63, 3.8) is 0 Å². The van der Waals surface area contributed by atoms with Crippen molar-refractivity contribution in [2.45, 2.75) is 32.7 Å². The highest BCUT2D eigenvalue weighted by Gasteiger charge is 2.25. The Morgan fingerprint density at radius 3 is 2.57 bits per heavy atom. The van der Waals surface area contributed by atoms with Gasteiger partial charge in [0.05, 0.1) is 0 Å². The smallest absolute Gasteiger partial charge is 0.123 e. The zero-order valence-electron chi connectivity index (χ0n) is 12.5. The quantitative estimate of drug-likeness (QED) is 0.667. The molecule has 0 saturated carbocycles. The maximum absolute atomic E-state index is 13.5. The van der Waals surface area contributed by atoms with Crippen molar-refractivity contribution in [1.82, 2.24) is 0 Å². The zero-order valence-corrected chi connectivity index (χ0v) is 12.5. The van der Waals surface area contributed by atoms with Gasteiger partial charge in [-0.2, -0.15) is 0 Å². The Morgan fingerprint density at radius 2 is 1.76 bits per heavy atom.